The Morgan fingerprint density at radius 2 is 2.13 bits per heavy atom. The van der Waals surface area contributed by atoms with Crippen LogP contribution in [0.3, 0.4) is 0 Å². The van der Waals surface area contributed by atoms with Crippen LogP contribution in [0.4, 0.5) is 5.82 Å². The van der Waals surface area contributed by atoms with Crippen molar-refractivity contribution >= 4 is 23.1 Å². The predicted octanol–water partition coefficient (Wildman–Crippen LogP) is 2.09. The second-order valence-electron chi connectivity index (χ2n) is 2.94. The predicted molar refractivity (Wildman–Crippen MR) is 58.9 cm³/mol. The highest BCUT2D eigenvalue weighted by atomic mass is 32.1. The van der Waals surface area contributed by atoms with Gasteiger partial charge in [0.25, 0.3) is 0 Å². The molecule has 2 aromatic rings. The van der Waals surface area contributed by atoms with Gasteiger partial charge in [-0.05, 0) is 24.3 Å². The number of nitrogens with two attached hydrogens (primary N) is 1. The average molecular weight is 220 g/mol. The second kappa shape index (κ2) is 3.70. The Hall–Kier alpha value is -1.88. The quantitative estimate of drug-likeness (QED) is 0.812. The van der Waals surface area contributed by atoms with Gasteiger partial charge >= 0.3 is 5.97 Å². The first kappa shape index (κ1) is 9.67. The van der Waals surface area contributed by atoms with Gasteiger partial charge in [-0.15, -0.1) is 11.3 Å². The molecular weight excluding hydrogens is 212 g/mol. The lowest BCUT2D eigenvalue weighted by Crippen LogP contribution is -1.89. The number of aromatic nitrogens is 1. The van der Waals surface area contributed by atoms with Gasteiger partial charge in [0, 0.05) is 16.6 Å². The normalized spacial score (nSPS) is 10.1. The van der Waals surface area contributed by atoms with E-state index in [9.17, 15) is 4.79 Å². The van der Waals surface area contributed by atoms with Crippen LogP contribution in [0.5, 0.6) is 0 Å². The molecule has 0 aromatic carbocycles. The Labute approximate surface area is 90.0 Å². The molecule has 0 saturated carbocycles. The number of carboxylic acids is 1. The van der Waals surface area contributed by atoms with Crippen molar-refractivity contribution in [3.05, 3.63) is 35.3 Å². The van der Waals surface area contributed by atoms with Crippen LogP contribution in [0.2, 0.25) is 0 Å². The molecule has 0 spiro atoms. The van der Waals surface area contributed by atoms with E-state index < -0.39 is 5.97 Å². The van der Waals surface area contributed by atoms with Gasteiger partial charge in [-0.25, -0.2) is 9.78 Å². The van der Waals surface area contributed by atoms with E-state index >= 15 is 0 Å². The van der Waals surface area contributed by atoms with Gasteiger partial charge in [0.2, 0.25) is 0 Å². The minimum Gasteiger partial charge on any atom is -0.477 e. The first-order valence-electron chi connectivity index (χ1n) is 4.22. The van der Waals surface area contributed by atoms with Crippen molar-refractivity contribution in [1.29, 1.82) is 0 Å². The molecule has 0 bridgehead atoms. The van der Waals surface area contributed by atoms with Crippen molar-refractivity contribution in [2.45, 2.75) is 0 Å². The summed E-state index contributed by atoms with van der Waals surface area (Å²) in [7, 11) is 0. The lowest BCUT2D eigenvalue weighted by molar-refractivity contribution is 0.0702. The molecule has 0 radical (unpaired) electrons. The van der Waals surface area contributed by atoms with E-state index in [1.165, 1.54) is 11.3 Å². The van der Waals surface area contributed by atoms with Crippen molar-refractivity contribution in [2.24, 2.45) is 0 Å². The van der Waals surface area contributed by atoms with Crippen LogP contribution in [-0.2, 0) is 0 Å². The molecule has 5 heteroatoms. The monoisotopic (exact) mass is 220 g/mol. The number of aromatic carboxylic acids is 1. The fourth-order valence-corrected chi connectivity index (χ4v) is 1.99. The van der Waals surface area contributed by atoms with Crippen LogP contribution in [0, 0.1) is 0 Å². The standard InChI is InChI=1S/C10H8N2O2S/c11-9-4-1-6(5-12-9)7-2-3-8(15-7)10(13)14/h1-5H,(H2,11,12)(H,13,14). The fraction of sp³-hybridized carbons (Fsp3) is 0. The van der Waals surface area contributed by atoms with E-state index in [4.69, 9.17) is 10.8 Å². The molecule has 3 N–H and O–H groups in total. The number of nitrogens with zero attached hydrogens (tertiary/aromatic N) is 1. The third kappa shape index (κ3) is 1.97. The minimum atomic E-state index is -0.908. The van der Waals surface area contributed by atoms with E-state index in [1.54, 1.807) is 24.4 Å². The first-order chi connectivity index (χ1) is 7.16. The zero-order valence-electron chi connectivity index (χ0n) is 7.68. The topological polar surface area (TPSA) is 76.2 Å². The number of anilines is 1. The van der Waals surface area contributed by atoms with E-state index in [0.29, 0.717) is 10.7 Å². The summed E-state index contributed by atoms with van der Waals surface area (Å²) in [6.07, 6.45) is 1.63. The van der Waals surface area contributed by atoms with Crippen LogP contribution >= 0.6 is 11.3 Å². The number of carbonyl (C=O) groups is 1. The highest BCUT2D eigenvalue weighted by Crippen LogP contribution is 2.27. The Kier molecular flexibility index (Phi) is 2.39. The zero-order valence-corrected chi connectivity index (χ0v) is 8.49. The summed E-state index contributed by atoms with van der Waals surface area (Å²) >= 11 is 1.22. The molecule has 0 atom stereocenters. The summed E-state index contributed by atoms with van der Waals surface area (Å²) in [4.78, 5) is 15.8. The summed E-state index contributed by atoms with van der Waals surface area (Å²) in [5.74, 6) is -0.455. The fourth-order valence-electron chi connectivity index (χ4n) is 1.16. The van der Waals surface area contributed by atoms with Crippen molar-refractivity contribution < 1.29 is 9.90 Å². The number of pyridine rings is 1. The summed E-state index contributed by atoms with van der Waals surface area (Å²) in [5.41, 5.74) is 6.33. The molecule has 2 rings (SSSR count). The Morgan fingerprint density at radius 3 is 2.67 bits per heavy atom. The van der Waals surface area contributed by atoms with E-state index in [2.05, 4.69) is 4.98 Å². The Morgan fingerprint density at radius 1 is 1.33 bits per heavy atom. The van der Waals surface area contributed by atoms with Gasteiger partial charge in [0.1, 0.15) is 10.7 Å². The maximum Gasteiger partial charge on any atom is 0.345 e. The highest BCUT2D eigenvalue weighted by molar-refractivity contribution is 7.17. The molecule has 15 heavy (non-hydrogen) atoms. The molecule has 0 aliphatic rings. The number of thiophene rings is 1. The summed E-state index contributed by atoms with van der Waals surface area (Å²) in [6.45, 7) is 0. The Balaban J connectivity index is 2.37. The number of carboxylic acid groups (broad SMARTS) is 1. The van der Waals surface area contributed by atoms with Crippen LogP contribution < -0.4 is 5.73 Å². The first-order valence-corrected chi connectivity index (χ1v) is 5.03. The summed E-state index contributed by atoms with van der Waals surface area (Å²) in [5, 5.41) is 8.76. The van der Waals surface area contributed by atoms with Gasteiger partial charge in [-0.2, -0.15) is 0 Å². The number of hydrogen-bond donors (Lipinski definition) is 2. The number of rotatable bonds is 2. The van der Waals surface area contributed by atoms with Crippen LogP contribution in [-0.4, -0.2) is 16.1 Å². The largest absolute Gasteiger partial charge is 0.477 e. The summed E-state index contributed by atoms with van der Waals surface area (Å²) in [6, 6.07) is 6.86. The molecule has 2 heterocycles. The molecule has 0 aliphatic heterocycles. The molecule has 0 amide bonds. The van der Waals surface area contributed by atoms with Gasteiger partial charge in [0.15, 0.2) is 0 Å². The van der Waals surface area contributed by atoms with E-state index in [1.807, 2.05) is 6.07 Å². The molecule has 0 saturated heterocycles. The number of hydrogen-bond acceptors (Lipinski definition) is 4. The molecule has 0 unspecified atom stereocenters. The number of nitrogen functional groups attached to an aromatic ring is 1. The lowest BCUT2D eigenvalue weighted by Gasteiger charge is -1.96. The van der Waals surface area contributed by atoms with Crippen LogP contribution in [0.25, 0.3) is 10.4 Å². The maximum atomic E-state index is 10.7. The van der Waals surface area contributed by atoms with Gasteiger partial charge < -0.3 is 10.8 Å². The SMILES string of the molecule is Nc1ccc(-c2ccc(C(=O)O)s2)cn1. The van der Waals surface area contributed by atoms with E-state index in [0.717, 1.165) is 10.4 Å². The molecule has 76 valence electrons. The third-order valence-corrected chi connectivity index (χ3v) is 3.01. The van der Waals surface area contributed by atoms with Gasteiger partial charge in [-0.1, -0.05) is 0 Å². The Bertz CT molecular complexity index is 490. The van der Waals surface area contributed by atoms with Crippen molar-refractivity contribution in [1.82, 2.24) is 4.98 Å². The average Bonchev–Trinajstić information content (AvgIpc) is 2.68. The van der Waals surface area contributed by atoms with Crippen molar-refractivity contribution in [3.8, 4) is 10.4 Å². The maximum absolute atomic E-state index is 10.7. The third-order valence-electron chi connectivity index (χ3n) is 1.89. The smallest absolute Gasteiger partial charge is 0.345 e. The van der Waals surface area contributed by atoms with Crippen molar-refractivity contribution in [3.63, 3.8) is 0 Å². The second-order valence-corrected chi connectivity index (χ2v) is 4.02. The lowest BCUT2D eigenvalue weighted by atomic mass is 10.2. The minimum absolute atomic E-state index is 0.321. The zero-order chi connectivity index (χ0) is 10.8. The van der Waals surface area contributed by atoms with Crippen LogP contribution in [0.15, 0.2) is 30.5 Å². The highest BCUT2D eigenvalue weighted by Gasteiger charge is 2.08. The van der Waals surface area contributed by atoms with Crippen molar-refractivity contribution in [2.75, 3.05) is 5.73 Å². The molecular formula is C10H8N2O2S. The molecule has 2 aromatic heterocycles. The summed E-state index contributed by atoms with van der Waals surface area (Å²) < 4.78 is 0. The van der Waals surface area contributed by atoms with Gasteiger partial charge in [-0.3, -0.25) is 0 Å². The van der Waals surface area contributed by atoms with Gasteiger partial charge in [0.05, 0.1) is 0 Å². The van der Waals surface area contributed by atoms with E-state index in [-0.39, 0.29) is 0 Å². The molecule has 4 nitrogen and oxygen atoms in total. The van der Waals surface area contributed by atoms with Crippen LogP contribution in [0.1, 0.15) is 9.67 Å². The molecule has 0 fully saturated rings. The molecule has 0 aliphatic carbocycles.